The first-order chi connectivity index (χ1) is 10.2. The van der Waals surface area contributed by atoms with E-state index >= 15 is 0 Å². The van der Waals surface area contributed by atoms with Gasteiger partial charge in [-0.1, -0.05) is 0 Å². The molecule has 0 spiro atoms. The number of amides is 1. The van der Waals surface area contributed by atoms with E-state index in [4.69, 9.17) is 4.74 Å². The maximum absolute atomic E-state index is 11.0. The van der Waals surface area contributed by atoms with Crippen LogP contribution in [0.25, 0.3) is 0 Å². The van der Waals surface area contributed by atoms with E-state index in [2.05, 4.69) is 15.3 Å². The van der Waals surface area contributed by atoms with Crippen LogP contribution in [-0.4, -0.2) is 52.9 Å². The Bertz CT molecular complexity index is 482. The largest absolute Gasteiger partial charge is 0.377 e. The molecule has 0 radical (unpaired) electrons. The van der Waals surface area contributed by atoms with Gasteiger partial charge in [-0.2, -0.15) is 5.10 Å². The highest BCUT2D eigenvalue weighted by molar-refractivity contribution is 5.87. The Kier molecular flexibility index (Phi) is 4.55. The third-order valence-electron chi connectivity index (χ3n) is 4.27. The molecule has 2 aliphatic rings. The molecule has 1 aromatic rings. The molecule has 2 atom stereocenters. The van der Waals surface area contributed by atoms with Crippen LogP contribution in [0.3, 0.4) is 0 Å². The number of hydrogen-bond donors (Lipinski definition) is 1. The van der Waals surface area contributed by atoms with Gasteiger partial charge in [0.05, 0.1) is 12.1 Å². The van der Waals surface area contributed by atoms with Gasteiger partial charge in [0.2, 0.25) is 5.91 Å². The molecule has 21 heavy (non-hydrogen) atoms. The highest BCUT2D eigenvalue weighted by atomic mass is 16.5. The number of aromatic nitrogens is 2. The fourth-order valence-electron chi connectivity index (χ4n) is 3.22. The first-order valence-corrected chi connectivity index (χ1v) is 7.87. The van der Waals surface area contributed by atoms with Gasteiger partial charge in [0, 0.05) is 45.4 Å². The molecule has 3 rings (SSSR count). The third kappa shape index (κ3) is 3.83. The van der Waals surface area contributed by atoms with Crippen molar-refractivity contribution in [3.8, 4) is 0 Å². The number of ether oxygens (including phenoxy) is 1. The Balaban J connectivity index is 1.51. The summed E-state index contributed by atoms with van der Waals surface area (Å²) < 4.78 is 7.80. The van der Waals surface area contributed by atoms with Gasteiger partial charge in [0.1, 0.15) is 0 Å². The number of rotatable bonds is 4. The normalized spacial score (nSPS) is 26.9. The monoisotopic (exact) mass is 292 g/mol. The number of anilines is 1. The van der Waals surface area contributed by atoms with E-state index in [1.807, 2.05) is 16.9 Å². The fraction of sp³-hybridized carbons (Fsp3) is 0.733. The standard InChI is InChI=1S/C15H24N4O2/c1-12(20)16-15-6-8-19(17-15)13-5-7-18(10-13)11-14-4-2-3-9-21-14/h6,8,13-14H,2-5,7,9-11H2,1H3,(H,16,17,20). The molecule has 1 amide bonds. The van der Waals surface area contributed by atoms with E-state index in [0.717, 1.165) is 32.7 Å². The van der Waals surface area contributed by atoms with Gasteiger partial charge in [0.15, 0.2) is 5.82 Å². The Morgan fingerprint density at radius 3 is 3.14 bits per heavy atom. The third-order valence-corrected chi connectivity index (χ3v) is 4.27. The van der Waals surface area contributed by atoms with Gasteiger partial charge in [-0.25, -0.2) is 0 Å². The molecule has 1 N–H and O–H groups in total. The smallest absolute Gasteiger partial charge is 0.222 e. The van der Waals surface area contributed by atoms with E-state index in [1.54, 1.807) is 0 Å². The molecular formula is C15H24N4O2. The molecule has 0 bridgehead atoms. The van der Waals surface area contributed by atoms with Crippen molar-refractivity contribution in [2.75, 3.05) is 31.6 Å². The van der Waals surface area contributed by atoms with Crippen LogP contribution < -0.4 is 5.32 Å². The minimum atomic E-state index is -0.0808. The number of nitrogens with zero attached hydrogens (tertiary/aromatic N) is 3. The van der Waals surface area contributed by atoms with E-state index in [1.165, 1.54) is 26.2 Å². The lowest BCUT2D eigenvalue weighted by molar-refractivity contribution is -0.114. The number of hydrogen-bond acceptors (Lipinski definition) is 4. The highest BCUT2D eigenvalue weighted by Gasteiger charge is 2.27. The van der Waals surface area contributed by atoms with Gasteiger partial charge in [0.25, 0.3) is 0 Å². The minimum Gasteiger partial charge on any atom is -0.377 e. The second-order valence-corrected chi connectivity index (χ2v) is 6.05. The first kappa shape index (κ1) is 14.5. The van der Waals surface area contributed by atoms with Crippen LogP contribution in [0.4, 0.5) is 5.82 Å². The number of carbonyl (C=O) groups is 1. The summed E-state index contributed by atoms with van der Waals surface area (Å²) in [6, 6.07) is 2.25. The molecule has 3 heterocycles. The zero-order valence-electron chi connectivity index (χ0n) is 12.6. The molecule has 116 valence electrons. The molecule has 0 saturated carbocycles. The second-order valence-electron chi connectivity index (χ2n) is 6.05. The lowest BCUT2D eigenvalue weighted by Crippen LogP contribution is -2.34. The molecule has 2 saturated heterocycles. The van der Waals surface area contributed by atoms with Crippen molar-refractivity contribution in [2.24, 2.45) is 0 Å². The van der Waals surface area contributed by atoms with Gasteiger partial charge in [-0.05, 0) is 25.7 Å². The number of likely N-dealkylation sites (tertiary alicyclic amines) is 1. The summed E-state index contributed by atoms with van der Waals surface area (Å²) in [4.78, 5) is 13.5. The highest BCUT2D eigenvalue weighted by Crippen LogP contribution is 2.23. The predicted molar refractivity (Wildman–Crippen MR) is 80.2 cm³/mol. The van der Waals surface area contributed by atoms with Crippen LogP contribution in [0.2, 0.25) is 0 Å². The van der Waals surface area contributed by atoms with E-state index < -0.39 is 0 Å². The minimum absolute atomic E-state index is 0.0808. The molecule has 2 fully saturated rings. The number of carbonyl (C=O) groups excluding carboxylic acids is 1. The van der Waals surface area contributed by atoms with Crippen molar-refractivity contribution >= 4 is 11.7 Å². The summed E-state index contributed by atoms with van der Waals surface area (Å²) in [5.74, 6) is 0.555. The maximum Gasteiger partial charge on any atom is 0.222 e. The summed E-state index contributed by atoms with van der Waals surface area (Å²) in [5, 5.41) is 7.16. The van der Waals surface area contributed by atoms with E-state index in [0.29, 0.717) is 18.0 Å². The second kappa shape index (κ2) is 6.58. The molecule has 6 heteroatoms. The van der Waals surface area contributed by atoms with Crippen LogP contribution in [-0.2, 0) is 9.53 Å². The van der Waals surface area contributed by atoms with Gasteiger partial charge < -0.3 is 10.1 Å². The summed E-state index contributed by atoms with van der Waals surface area (Å²) in [6.07, 6.45) is 7.16. The number of nitrogens with one attached hydrogen (secondary N) is 1. The molecule has 0 aromatic carbocycles. The Morgan fingerprint density at radius 1 is 1.48 bits per heavy atom. The van der Waals surface area contributed by atoms with Crippen molar-refractivity contribution in [3.63, 3.8) is 0 Å². The first-order valence-electron chi connectivity index (χ1n) is 7.87. The molecule has 6 nitrogen and oxygen atoms in total. The zero-order valence-corrected chi connectivity index (χ0v) is 12.6. The average Bonchev–Trinajstić information content (AvgIpc) is 3.08. The molecular weight excluding hydrogens is 268 g/mol. The Hall–Kier alpha value is -1.40. The summed E-state index contributed by atoms with van der Waals surface area (Å²) >= 11 is 0. The fourth-order valence-corrected chi connectivity index (χ4v) is 3.22. The van der Waals surface area contributed by atoms with Gasteiger partial charge in [-0.15, -0.1) is 0 Å². The Morgan fingerprint density at radius 2 is 2.38 bits per heavy atom. The predicted octanol–water partition coefficient (Wildman–Crippen LogP) is 1.66. The van der Waals surface area contributed by atoms with Gasteiger partial charge >= 0.3 is 0 Å². The topological polar surface area (TPSA) is 59.4 Å². The zero-order chi connectivity index (χ0) is 14.7. The van der Waals surface area contributed by atoms with Crippen molar-refractivity contribution in [1.29, 1.82) is 0 Å². The van der Waals surface area contributed by atoms with Crippen LogP contribution >= 0.6 is 0 Å². The maximum atomic E-state index is 11.0. The van der Waals surface area contributed by atoms with E-state index in [-0.39, 0.29) is 5.91 Å². The molecule has 2 aliphatic heterocycles. The lowest BCUT2D eigenvalue weighted by Gasteiger charge is -2.27. The summed E-state index contributed by atoms with van der Waals surface area (Å²) in [7, 11) is 0. The van der Waals surface area contributed by atoms with E-state index in [9.17, 15) is 4.79 Å². The SMILES string of the molecule is CC(=O)Nc1ccn(C2CCN(CC3CCCCO3)C2)n1. The quantitative estimate of drug-likeness (QED) is 0.917. The molecule has 2 unspecified atom stereocenters. The van der Waals surface area contributed by atoms with Crippen LogP contribution in [0.15, 0.2) is 12.3 Å². The van der Waals surface area contributed by atoms with Crippen molar-refractivity contribution < 1.29 is 9.53 Å². The van der Waals surface area contributed by atoms with Crippen LogP contribution in [0, 0.1) is 0 Å². The summed E-state index contributed by atoms with van der Waals surface area (Å²) in [6.45, 7) is 5.57. The van der Waals surface area contributed by atoms with Crippen molar-refractivity contribution in [3.05, 3.63) is 12.3 Å². The Labute approximate surface area is 125 Å². The molecule has 0 aliphatic carbocycles. The van der Waals surface area contributed by atoms with Crippen LogP contribution in [0.1, 0.15) is 38.6 Å². The van der Waals surface area contributed by atoms with Crippen molar-refractivity contribution in [2.45, 2.75) is 44.8 Å². The average molecular weight is 292 g/mol. The summed E-state index contributed by atoms with van der Waals surface area (Å²) in [5.41, 5.74) is 0. The van der Waals surface area contributed by atoms with Crippen molar-refractivity contribution in [1.82, 2.24) is 14.7 Å². The lowest BCUT2D eigenvalue weighted by atomic mass is 10.1. The van der Waals surface area contributed by atoms with Gasteiger partial charge in [-0.3, -0.25) is 14.4 Å². The molecule has 1 aromatic heterocycles. The van der Waals surface area contributed by atoms with Crippen LogP contribution in [0.5, 0.6) is 0 Å².